The van der Waals surface area contributed by atoms with Gasteiger partial charge in [0.05, 0.1) is 4.90 Å². The van der Waals surface area contributed by atoms with Gasteiger partial charge in [-0.05, 0) is 43.3 Å². The number of rotatable bonds is 5. The molecule has 5 nitrogen and oxygen atoms in total. The summed E-state index contributed by atoms with van der Waals surface area (Å²) >= 11 is 0. The lowest BCUT2D eigenvalue weighted by Gasteiger charge is -2.09. The molecule has 0 saturated heterocycles. The van der Waals surface area contributed by atoms with Crippen LogP contribution in [0.25, 0.3) is 0 Å². The molecule has 1 amide bonds. The quantitative estimate of drug-likeness (QED) is 0.889. The highest BCUT2D eigenvalue weighted by atomic mass is 32.2. The van der Waals surface area contributed by atoms with E-state index >= 15 is 0 Å². The lowest BCUT2D eigenvalue weighted by molar-refractivity contribution is -0.115. The van der Waals surface area contributed by atoms with Gasteiger partial charge in [0.15, 0.2) is 0 Å². The standard InChI is InChI=1S/C16H18N2O3S/c1-3-16(19)17-13-8-10-15(11-9-13)22(20,21)18-14-6-4-12(2)5-7-14/h4-11,18H,3H2,1-2H3,(H,17,19). The number of carbonyl (C=O) groups is 1. The Morgan fingerprint density at radius 1 is 0.955 bits per heavy atom. The number of carbonyl (C=O) groups excluding carboxylic acids is 1. The number of hydrogen-bond donors (Lipinski definition) is 2. The molecule has 0 aliphatic rings. The summed E-state index contributed by atoms with van der Waals surface area (Å²) in [7, 11) is -3.64. The molecule has 0 aliphatic heterocycles. The fraction of sp³-hybridized carbons (Fsp3) is 0.188. The van der Waals surface area contributed by atoms with Gasteiger partial charge in [0.25, 0.3) is 10.0 Å². The first-order valence-corrected chi connectivity index (χ1v) is 8.38. The van der Waals surface area contributed by atoms with E-state index in [1.54, 1.807) is 31.2 Å². The summed E-state index contributed by atoms with van der Waals surface area (Å²) in [5.41, 5.74) is 2.13. The Balaban J connectivity index is 2.15. The number of nitrogens with one attached hydrogen (secondary N) is 2. The van der Waals surface area contributed by atoms with Gasteiger partial charge < -0.3 is 5.32 Å². The van der Waals surface area contributed by atoms with Crippen LogP contribution in [0.5, 0.6) is 0 Å². The van der Waals surface area contributed by atoms with E-state index in [-0.39, 0.29) is 10.8 Å². The van der Waals surface area contributed by atoms with E-state index < -0.39 is 10.0 Å². The summed E-state index contributed by atoms with van der Waals surface area (Å²) in [6.45, 7) is 3.68. The zero-order valence-corrected chi connectivity index (χ0v) is 13.3. The third-order valence-electron chi connectivity index (χ3n) is 3.07. The minimum absolute atomic E-state index is 0.117. The minimum Gasteiger partial charge on any atom is -0.326 e. The third kappa shape index (κ3) is 4.08. The first-order chi connectivity index (χ1) is 10.4. The number of anilines is 2. The molecule has 0 spiro atoms. The van der Waals surface area contributed by atoms with Gasteiger partial charge in [-0.15, -0.1) is 0 Å². The van der Waals surface area contributed by atoms with Crippen molar-refractivity contribution in [2.75, 3.05) is 10.0 Å². The Bertz CT molecular complexity index is 751. The molecule has 0 aliphatic carbocycles. The summed E-state index contributed by atoms with van der Waals surface area (Å²) in [5, 5.41) is 2.67. The molecule has 2 rings (SSSR count). The predicted molar refractivity (Wildman–Crippen MR) is 87.4 cm³/mol. The maximum absolute atomic E-state index is 12.3. The van der Waals surface area contributed by atoms with Crippen LogP contribution in [0.15, 0.2) is 53.4 Å². The second-order valence-corrected chi connectivity index (χ2v) is 6.58. The summed E-state index contributed by atoms with van der Waals surface area (Å²) in [5.74, 6) is -0.117. The molecule has 2 aromatic carbocycles. The van der Waals surface area contributed by atoms with Crippen molar-refractivity contribution in [3.8, 4) is 0 Å². The van der Waals surface area contributed by atoms with Gasteiger partial charge >= 0.3 is 0 Å². The van der Waals surface area contributed by atoms with Gasteiger partial charge in [-0.3, -0.25) is 9.52 Å². The molecule has 0 unspecified atom stereocenters. The van der Waals surface area contributed by atoms with Crippen LogP contribution in [0.1, 0.15) is 18.9 Å². The average molecular weight is 318 g/mol. The molecule has 0 atom stereocenters. The fourth-order valence-electron chi connectivity index (χ4n) is 1.80. The second-order valence-electron chi connectivity index (χ2n) is 4.90. The van der Waals surface area contributed by atoms with Gasteiger partial charge in [-0.2, -0.15) is 0 Å². The van der Waals surface area contributed by atoms with Crippen LogP contribution in [0.4, 0.5) is 11.4 Å². The van der Waals surface area contributed by atoms with Crippen molar-refractivity contribution in [2.45, 2.75) is 25.2 Å². The van der Waals surface area contributed by atoms with E-state index in [0.29, 0.717) is 17.8 Å². The molecule has 2 N–H and O–H groups in total. The number of hydrogen-bond acceptors (Lipinski definition) is 3. The van der Waals surface area contributed by atoms with Crippen LogP contribution in [-0.2, 0) is 14.8 Å². The van der Waals surface area contributed by atoms with Gasteiger partial charge in [-0.25, -0.2) is 8.42 Å². The Hall–Kier alpha value is -2.34. The minimum atomic E-state index is -3.64. The molecular formula is C16H18N2O3S. The van der Waals surface area contributed by atoms with Crippen LogP contribution < -0.4 is 10.0 Å². The fourth-order valence-corrected chi connectivity index (χ4v) is 2.86. The highest BCUT2D eigenvalue weighted by Gasteiger charge is 2.14. The molecule has 116 valence electrons. The molecule has 0 bridgehead atoms. The van der Waals surface area contributed by atoms with E-state index in [2.05, 4.69) is 10.0 Å². The van der Waals surface area contributed by atoms with Crippen molar-refractivity contribution >= 4 is 27.3 Å². The Kier molecular flexibility index (Phi) is 4.82. The van der Waals surface area contributed by atoms with E-state index in [1.165, 1.54) is 12.1 Å². The Morgan fingerprint density at radius 2 is 1.50 bits per heavy atom. The molecule has 6 heteroatoms. The summed E-state index contributed by atoms with van der Waals surface area (Å²) < 4.78 is 27.1. The van der Waals surface area contributed by atoms with Gasteiger partial charge in [0.2, 0.25) is 5.91 Å². The van der Waals surface area contributed by atoms with Crippen LogP contribution in [0, 0.1) is 6.92 Å². The Labute approximate surface area is 130 Å². The van der Waals surface area contributed by atoms with Crippen molar-refractivity contribution in [1.82, 2.24) is 0 Å². The largest absolute Gasteiger partial charge is 0.326 e. The van der Waals surface area contributed by atoms with Gasteiger partial charge in [-0.1, -0.05) is 24.6 Å². The maximum atomic E-state index is 12.3. The number of benzene rings is 2. The smallest absolute Gasteiger partial charge is 0.261 e. The summed E-state index contributed by atoms with van der Waals surface area (Å²) in [6.07, 6.45) is 0.370. The second kappa shape index (κ2) is 6.62. The predicted octanol–water partition coefficient (Wildman–Crippen LogP) is 3.14. The number of amides is 1. The van der Waals surface area contributed by atoms with Crippen LogP contribution in [0.2, 0.25) is 0 Å². The van der Waals surface area contributed by atoms with Crippen LogP contribution in [-0.4, -0.2) is 14.3 Å². The summed E-state index contributed by atoms with van der Waals surface area (Å²) in [4.78, 5) is 11.4. The summed E-state index contributed by atoms with van der Waals surface area (Å²) in [6, 6.07) is 13.1. The SMILES string of the molecule is CCC(=O)Nc1ccc(S(=O)(=O)Nc2ccc(C)cc2)cc1. The monoisotopic (exact) mass is 318 g/mol. The maximum Gasteiger partial charge on any atom is 0.261 e. The zero-order valence-electron chi connectivity index (χ0n) is 12.5. The molecule has 2 aromatic rings. The molecule has 0 fully saturated rings. The molecule has 0 saturated carbocycles. The van der Waals surface area contributed by atoms with Crippen LogP contribution in [0.3, 0.4) is 0 Å². The number of aryl methyl sites for hydroxylation is 1. The van der Waals surface area contributed by atoms with Crippen molar-refractivity contribution in [1.29, 1.82) is 0 Å². The topological polar surface area (TPSA) is 75.3 Å². The first kappa shape index (κ1) is 16.0. The van der Waals surface area contributed by atoms with Crippen molar-refractivity contribution in [3.63, 3.8) is 0 Å². The molecule has 0 heterocycles. The van der Waals surface area contributed by atoms with Crippen molar-refractivity contribution < 1.29 is 13.2 Å². The van der Waals surface area contributed by atoms with Crippen molar-refractivity contribution in [3.05, 3.63) is 54.1 Å². The van der Waals surface area contributed by atoms with Crippen molar-refractivity contribution in [2.24, 2.45) is 0 Å². The molecular weight excluding hydrogens is 300 g/mol. The van der Waals surface area contributed by atoms with E-state index in [9.17, 15) is 13.2 Å². The van der Waals surface area contributed by atoms with E-state index in [0.717, 1.165) is 5.56 Å². The first-order valence-electron chi connectivity index (χ1n) is 6.90. The van der Waals surface area contributed by atoms with E-state index in [4.69, 9.17) is 0 Å². The normalized spacial score (nSPS) is 11.0. The van der Waals surface area contributed by atoms with Crippen LogP contribution >= 0.6 is 0 Å². The Morgan fingerprint density at radius 3 is 2.05 bits per heavy atom. The van der Waals surface area contributed by atoms with E-state index in [1.807, 2.05) is 19.1 Å². The average Bonchev–Trinajstić information content (AvgIpc) is 2.50. The van der Waals surface area contributed by atoms with Gasteiger partial charge in [0, 0.05) is 17.8 Å². The lowest BCUT2D eigenvalue weighted by atomic mass is 10.2. The zero-order chi connectivity index (χ0) is 16.2. The molecule has 0 aromatic heterocycles. The lowest BCUT2D eigenvalue weighted by Crippen LogP contribution is -2.13. The van der Waals surface area contributed by atoms with Gasteiger partial charge in [0.1, 0.15) is 0 Å². The highest BCUT2D eigenvalue weighted by molar-refractivity contribution is 7.92. The molecule has 22 heavy (non-hydrogen) atoms. The third-order valence-corrected chi connectivity index (χ3v) is 4.47. The highest BCUT2D eigenvalue weighted by Crippen LogP contribution is 2.18. The molecule has 0 radical (unpaired) electrons. The number of sulfonamides is 1.